The van der Waals surface area contributed by atoms with Gasteiger partial charge < -0.3 is 15.8 Å². The zero-order valence-corrected chi connectivity index (χ0v) is 11.4. The fourth-order valence-corrected chi connectivity index (χ4v) is 2.87. The van der Waals surface area contributed by atoms with Gasteiger partial charge in [0.1, 0.15) is 18.0 Å². The van der Waals surface area contributed by atoms with Crippen LogP contribution in [0.5, 0.6) is 0 Å². The number of nitrogens with zero attached hydrogens (tertiary/aromatic N) is 2. The van der Waals surface area contributed by atoms with Crippen molar-refractivity contribution in [1.82, 2.24) is 9.97 Å². The summed E-state index contributed by atoms with van der Waals surface area (Å²) in [5.74, 6) is 7.92. The van der Waals surface area contributed by atoms with Crippen molar-refractivity contribution >= 4 is 11.6 Å². The second-order valence-corrected chi connectivity index (χ2v) is 5.06. The first-order chi connectivity index (χ1) is 9.30. The van der Waals surface area contributed by atoms with Gasteiger partial charge in [-0.25, -0.2) is 15.8 Å². The van der Waals surface area contributed by atoms with Crippen molar-refractivity contribution in [3.05, 3.63) is 11.9 Å². The van der Waals surface area contributed by atoms with Gasteiger partial charge in [-0.1, -0.05) is 13.3 Å². The molecule has 1 aliphatic carbocycles. The summed E-state index contributed by atoms with van der Waals surface area (Å²) in [6.07, 6.45) is 5.83. The van der Waals surface area contributed by atoms with Crippen LogP contribution in [0.2, 0.25) is 0 Å². The van der Waals surface area contributed by atoms with Crippen molar-refractivity contribution in [3.8, 4) is 0 Å². The van der Waals surface area contributed by atoms with E-state index in [1.54, 1.807) is 0 Å². The Hall–Kier alpha value is -1.40. The third-order valence-corrected chi connectivity index (χ3v) is 4.02. The molecular formula is C13H23N5O. The van der Waals surface area contributed by atoms with Crippen LogP contribution in [0.3, 0.4) is 0 Å². The molecule has 19 heavy (non-hydrogen) atoms. The van der Waals surface area contributed by atoms with Gasteiger partial charge in [-0.3, -0.25) is 0 Å². The predicted octanol–water partition coefficient (Wildman–Crippen LogP) is 1.15. The number of hydrogen-bond donors (Lipinski definition) is 4. The van der Waals surface area contributed by atoms with E-state index < -0.39 is 0 Å². The number of aliphatic hydroxyl groups is 1. The number of aliphatic hydroxyl groups excluding tert-OH is 1. The summed E-state index contributed by atoms with van der Waals surface area (Å²) in [4.78, 5) is 8.40. The van der Waals surface area contributed by atoms with Gasteiger partial charge in [-0.2, -0.15) is 0 Å². The zero-order valence-electron chi connectivity index (χ0n) is 11.4. The molecule has 1 fully saturated rings. The van der Waals surface area contributed by atoms with E-state index in [0.29, 0.717) is 17.7 Å². The first-order valence-corrected chi connectivity index (χ1v) is 6.95. The first kappa shape index (κ1) is 14.0. The maximum atomic E-state index is 9.34. The maximum Gasteiger partial charge on any atom is 0.148 e. The topological polar surface area (TPSA) is 96.1 Å². The smallest absolute Gasteiger partial charge is 0.148 e. The molecule has 0 spiro atoms. The molecule has 0 amide bonds. The van der Waals surface area contributed by atoms with Crippen LogP contribution in [0.15, 0.2) is 6.33 Å². The lowest BCUT2D eigenvalue weighted by Gasteiger charge is -2.19. The maximum absolute atomic E-state index is 9.34. The molecule has 2 atom stereocenters. The molecule has 5 N–H and O–H groups in total. The van der Waals surface area contributed by atoms with Gasteiger partial charge in [0.15, 0.2) is 0 Å². The van der Waals surface area contributed by atoms with E-state index in [9.17, 15) is 5.11 Å². The van der Waals surface area contributed by atoms with Crippen molar-refractivity contribution in [3.63, 3.8) is 0 Å². The van der Waals surface area contributed by atoms with Gasteiger partial charge in [0, 0.05) is 18.7 Å². The zero-order chi connectivity index (χ0) is 13.7. The lowest BCUT2D eigenvalue weighted by molar-refractivity contribution is 0.199. The van der Waals surface area contributed by atoms with E-state index in [-0.39, 0.29) is 6.61 Å². The Bertz CT molecular complexity index is 412. The summed E-state index contributed by atoms with van der Waals surface area (Å²) < 4.78 is 0. The summed E-state index contributed by atoms with van der Waals surface area (Å²) in [6, 6.07) is 0. The number of nitrogens with one attached hydrogen (secondary N) is 2. The Morgan fingerprint density at radius 2 is 2.05 bits per heavy atom. The summed E-state index contributed by atoms with van der Waals surface area (Å²) in [7, 11) is 0. The molecular weight excluding hydrogens is 242 g/mol. The highest BCUT2D eigenvalue weighted by Gasteiger charge is 2.26. The number of anilines is 2. The highest BCUT2D eigenvalue weighted by molar-refractivity contribution is 5.56. The lowest BCUT2D eigenvalue weighted by atomic mass is 9.97. The van der Waals surface area contributed by atoms with Crippen LogP contribution < -0.4 is 16.6 Å². The van der Waals surface area contributed by atoms with Crippen molar-refractivity contribution < 1.29 is 5.11 Å². The molecule has 2 unspecified atom stereocenters. The molecule has 1 saturated carbocycles. The number of rotatable bonds is 6. The Morgan fingerprint density at radius 3 is 2.74 bits per heavy atom. The molecule has 0 bridgehead atoms. The second kappa shape index (κ2) is 6.68. The molecule has 1 aromatic rings. The number of nitrogens with two attached hydrogens (primary N) is 1. The quantitative estimate of drug-likeness (QED) is 0.455. The Balaban J connectivity index is 2.03. The van der Waals surface area contributed by atoms with Crippen LogP contribution in [0.1, 0.15) is 31.7 Å². The molecule has 2 rings (SSSR count). The van der Waals surface area contributed by atoms with Crippen LogP contribution in [-0.4, -0.2) is 28.2 Å². The fraction of sp³-hybridized carbons (Fsp3) is 0.692. The Kier molecular flexibility index (Phi) is 4.93. The van der Waals surface area contributed by atoms with Crippen LogP contribution in [0.25, 0.3) is 0 Å². The number of aromatic nitrogens is 2. The highest BCUT2D eigenvalue weighted by Crippen LogP contribution is 2.31. The van der Waals surface area contributed by atoms with Crippen LogP contribution >= 0.6 is 0 Å². The standard InChI is InChI=1S/C13H23N5O/c1-2-11-12(16-8-17-13(11)18-14)15-6-9-4-3-5-10(9)7-19/h8-10,19H,2-7,14H2,1H3,(H2,15,16,17,18). The van der Waals surface area contributed by atoms with Gasteiger partial charge in [0.2, 0.25) is 0 Å². The number of hydrazine groups is 1. The van der Waals surface area contributed by atoms with Crippen molar-refractivity contribution in [2.24, 2.45) is 17.7 Å². The third-order valence-electron chi connectivity index (χ3n) is 4.02. The number of nitrogen functional groups attached to an aromatic ring is 1. The fourth-order valence-electron chi connectivity index (χ4n) is 2.87. The minimum Gasteiger partial charge on any atom is -0.396 e. The lowest BCUT2D eigenvalue weighted by Crippen LogP contribution is -2.22. The normalized spacial score (nSPS) is 22.5. The average molecular weight is 265 g/mol. The second-order valence-electron chi connectivity index (χ2n) is 5.06. The van der Waals surface area contributed by atoms with Crippen LogP contribution in [0, 0.1) is 11.8 Å². The van der Waals surface area contributed by atoms with E-state index in [4.69, 9.17) is 5.84 Å². The van der Waals surface area contributed by atoms with Crippen molar-refractivity contribution in [2.75, 3.05) is 23.9 Å². The van der Waals surface area contributed by atoms with Crippen LogP contribution in [-0.2, 0) is 6.42 Å². The van der Waals surface area contributed by atoms with Crippen LogP contribution in [0.4, 0.5) is 11.6 Å². The molecule has 6 heteroatoms. The largest absolute Gasteiger partial charge is 0.396 e. The summed E-state index contributed by atoms with van der Waals surface area (Å²) >= 11 is 0. The van der Waals surface area contributed by atoms with Gasteiger partial charge in [-0.05, 0) is 31.1 Å². The van der Waals surface area contributed by atoms with E-state index in [1.165, 1.54) is 19.2 Å². The van der Waals surface area contributed by atoms with Crippen molar-refractivity contribution in [1.29, 1.82) is 0 Å². The molecule has 0 saturated heterocycles. The minimum absolute atomic E-state index is 0.284. The highest BCUT2D eigenvalue weighted by atomic mass is 16.3. The molecule has 106 valence electrons. The molecule has 6 nitrogen and oxygen atoms in total. The monoisotopic (exact) mass is 265 g/mol. The van der Waals surface area contributed by atoms with E-state index in [2.05, 4.69) is 27.6 Å². The SMILES string of the molecule is CCc1c(NN)ncnc1NCC1CCCC1CO. The summed E-state index contributed by atoms with van der Waals surface area (Å²) in [5, 5.41) is 12.7. The molecule has 0 aromatic carbocycles. The Labute approximate surface area is 113 Å². The van der Waals surface area contributed by atoms with Crippen molar-refractivity contribution in [2.45, 2.75) is 32.6 Å². The Morgan fingerprint density at radius 1 is 1.32 bits per heavy atom. The van der Waals surface area contributed by atoms with Gasteiger partial charge in [0.25, 0.3) is 0 Å². The molecule has 1 heterocycles. The predicted molar refractivity (Wildman–Crippen MR) is 75.6 cm³/mol. The van der Waals surface area contributed by atoms with E-state index in [1.807, 2.05) is 0 Å². The molecule has 0 radical (unpaired) electrons. The van der Waals surface area contributed by atoms with Gasteiger partial charge >= 0.3 is 0 Å². The molecule has 1 aliphatic rings. The average Bonchev–Trinajstić information content (AvgIpc) is 2.91. The number of hydrogen-bond acceptors (Lipinski definition) is 6. The molecule has 0 aliphatic heterocycles. The van der Waals surface area contributed by atoms with Gasteiger partial charge in [-0.15, -0.1) is 0 Å². The van der Waals surface area contributed by atoms with Gasteiger partial charge in [0.05, 0.1) is 0 Å². The van der Waals surface area contributed by atoms with E-state index >= 15 is 0 Å². The first-order valence-electron chi connectivity index (χ1n) is 6.95. The molecule has 1 aromatic heterocycles. The summed E-state index contributed by atoms with van der Waals surface area (Å²) in [6.45, 7) is 3.18. The van der Waals surface area contributed by atoms with E-state index in [0.717, 1.165) is 30.8 Å². The summed E-state index contributed by atoms with van der Waals surface area (Å²) in [5.41, 5.74) is 3.61. The third kappa shape index (κ3) is 3.13. The minimum atomic E-state index is 0.284.